The van der Waals surface area contributed by atoms with E-state index in [0.717, 1.165) is 37.2 Å². The number of para-hydroxylation sites is 1. The second-order valence-corrected chi connectivity index (χ2v) is 6.04. The van der Waals surface area contributed by atoms with E-state index in [1.54, 1.807) is 18.2 Å². The molecule has 1 heterocycles. The molecule has 0 aliphatic carbocycles. The highest BCUT2D eigenvalue weighted by Crippen LogP contribution is 2.18. The van der Waals surface area contributed by atoms with Crippen molar-refractivity contribution in [1.29, 1.82) is 0 Å². The van der Waals surface area contributed by atoms with E-state index in [2.05, 4.69) is 5.32 Å². The highest BCUT2D eigenvalue weighted by Gasteiger charge is 2.23. The summed E-state index contributed by atoms with van der Waals surface area (Å²) in [6.07, 6.45) is 2.42. The summed E-state index contributed by atoms with van der Waals surface area (Å²) in [7, 11) is 0. The summed E-state index contributed by atoms with van der Waals surface area (Å²) in [5.41, 5.74) is 1.95. The molecule has 1 fully saturated rings. The lowest BCUT2D eigenvalue weighted by Gasteiger charge is -2.34. The summed E-state index contributed by atoms with van der Waals surface area (Å²) < 4.78 is 0. The SMILES string of the molecule is O=C(Cc1cccc(O)c1)N1CCCC(Nc2ccccc2)C1. The topological polar surface area (TPSA) is 52.6 Å². The zero-order chi connectivity index (χ0) is 16.1. The molecule has 120 valence electrons. The number of phenols is 1. The fourth-order valence-corrected chi connectivity index (χ4v) is 3.04. The molecule has 23 heavy (non-hydrogen) atoms. The van der Waals surface area contributed by atoms with Crippen molar-refractivity contribution in [3.8, 4) is 5.75 Å². The van der Waals surface area contributed by atoms with Crippen molar-refractivity contribution in [2.24, 2.45) is 0 Å². The average molecular weight is 310 g/mol. The van der Waals surface area contributed by atoms with Crippen LogP contribution in [0.2, 0.25) is 0 Å². The van der Waals surface area contributed by atoms with Gasteiger partial charge in [0.2, 0.25) is 5.91 Å². The minimum atomic E-state index is 0.121. The number of phenolic OH excluding ortho intramolecular Hbond substituents is 1. The van der Waals surface area contributed by atoms with Gasteiger partial charge in [-0.05, 0) is 42.7 Å². The fourth-order valence-electron chi connectivity index (χ4n) is 3.04. The van der Waals surface area contributed by atoms with Crippen LogP contribution < -0.4 is 5.32 Å². The van der Waals surface area contributed by atoms with Crippen molar-refractivity contribution < 1.29 is 9.90 Å². The van der Waals surface area contributed by atoms with E-state index in [9.17, 15) is 9.90 Å². The predicted octanol–water partition coefficient (Wildman–Crippen LogP) is 3.04. The maximum Gasteiger partial charge on any atom is 0.227 e. The van der Waals surface area contributed by atoms with Crippen LogP contribution in [0.1, 0.15) is 18.4 Å². The van der Waals surface area contributed by atoms with Crippen LogP contribution in [0.15, 0.2) is 54.6 Å². The van der Waals surface area contributed by atoms with Gasteiger partial charge in [0.15, 0.2) is 0 Å². The Kier molecular flexibility index (Phi) is 4.81. The average Bonchev–Trinajstić information content (AvgIpc) is 2.56. The smallest absolute Gasteiger partial charge is 0.227 e. The molecule has 3 rings (SSSR count). The molecule has 0 aromatic heterocycles. The Labute approximate surface area is 136 Å². The summed E-state index contributed by atoms with van der Waals surface area (Å²) in [4.78, 5) is 14.4. The second kappa shape index (κ2) is 7.18. The molecule has 0 spiro atoms. The Balaban J connectivity index is 1.58. The molecule has 2 aromatic carbocycles. The maximum atomic E-state index is 12.5. The van der Waals surface area contributed by atoms with Crippen LogP contribution >= 0.6 is 0 Å². The molecule has 1 aliphatic heterocycles. The van der Waals surface area contributed by atoms with Gasteiger partial charge in [0.1, 0.15) is 5.75 Å². The summed E-state index contributed by atoms with van der Waals surface area (Å²) in [6, 6.07) is 17.3. The zero-order valence-electron chi connectivity index (χ0n) is 13.1. The summed E-state index contributed by atoms with van der Waals surface area (Å²) in [6.45, 7) is 1.54. The predicted molar refractivity (Wildman–Crippen MR) is 91.5 cm³/mol. The van der Waals surface area contributed by atoms with Crippen LogP contribution in [0.4, 0.5) is 5.69 Å². The van der Waals surface area contributed by atoms with Crippen molar-refractivity contribution in [3.05, 3.63) is 60.2 Å². The molecule has 2 N–H and O–H groups in total. The Morgan fingerprint density at radius 3 is 2.78 bits per heavy atom. The number of anilines is 1. The number of likely N-dealkylation sites (tertiary alicyclic amines) is 1. The summed E-state index contributed by atoms with van der Waals surface area (Å²) >= 11 is 0. The Morgan fingerprint density at radius 2 is 2.00 bits per heavy atom. The van der Waals surface area contributed by atoms with Crippen LogP contribution in [-0.2, 0) is 11.2 Å². The number of amides is 1. The number of benzene rings is 2. The lowest BCUT2D eigenvalue weighted by Crippen LogP contribution is -2.45. The highest BCUT2D eigenvalue weighted by molar-refractivity contribution is 5.79. The van der Waals surface area contributed by atoms with Crippen LogP contribution in [-0.4, -0.2) is 35.0 Å². The van der Waals surface area contributed by atoms with Crippen LogP contribution in [0.3, 0.4) is 0 Å². The second-order valence-electron chi connectivity index (χ2n) is 6.04. The molecule has 0 bridgehead atoms. The minimum absolute atomic E-state index is 0.121. The van der Waals surface area contributed by atoms with Crippen molar-refractivity contribution >= 4 is 11.6 Å². The lowest BCUT2D eigenvalue weighted by atomic mass is 10.0. The molecule has 4 nitrogen and oxygen atoms in total. The van der Waals surface area contributed by atoms with Gasteiger partial charge >= 0.3 is 0 Å². The summed E-state index contributed by atoms with van der Waals surface area (Å²) in [5.74, 6) is 0.327. The molecule has 4 heteroatoms. The fraction of sp³-hybridized carbons (Fsp3) is 0.316. The lowest BCUT2D eigenvalue weighted by molar-refractivity contribution is -0.131. The molecule has 1 saturated heterocycles. The standard InChI is InChI=1S/C19H22N2O2/c22-18-10-4-6-15(12-18)13-19(23)21-11-5-9-17(14-21)20-16-7-2-1-3-8-16/h1-4,6-8,10,12,17,20,22H,5,9,11,13-14H2. The third kappa shape index (κ3) is 4.25. The van der Waals surface area contributed by atoms with Gasteiger partial charge in [-0.3, -0.25) is 4.79 Å². The number of hydrogen-bond acceptors (Lipinski definition) is 3. The van der Waals surface area contributed by atoms with E-state index in [0.29, 0.717) is 12.5 Å². The molecule has 2 aromatic rings. The molecule has 0 saturated carbocycles. The first-order valence-corrected chi connectivity index (χ1v) is 8.08. The number of rotatable bonds is 4. The first-order valence-electron chi connectivity index (χ1n) is 8.08. The van der Waals surface area contributed by atoms with Gasteiger partial charge in [0.05, 0.1) is 6.42 Å². The maximum absolute atomic E-state index is 12.5. The van der Waals surface area contributed by atoms with Gasteiger partial charge in [-0.2, -0.15) is 0 Å². The van der Waals surface area contributed by atoms with E-state index >= 15 is 0 Å². The number of nitrogens with one attached hydrogen (secondary N) is 1. The van der Waals surface area contributed by atoms with Crippen molar-refractivity contribution in [2.45, 2.75) is 25.3 Å². The van der Waals surface area contributed by atoms with E-state index < -0.39 is 0 Å². The number of nitrogens with zero attached hydrogens (tertiary/aromatic N) is 1. The van der Waals surface area contributed by atoms with Gasteiger partial charge < -0.3 is 15.3 Å². The monoisotopic (exact) mass is 310 g/mol. The Hall–Kier alpha value is -2.49. The zero-order valence-corrected chi connectivity index (χ0v) is 13.1. The molecular formula is C19H22N2O2. The van der Waals surface area contributed by atoms with Crippen molar-refractivity contribution in [1.82, 2.24) is 4.90 Å². The van der Waals surface area contributed by atoms with Crippen molar-refractivity contribution in [3.63, 3.8) is 0 Å². The first-order chi connectivity index (χ1) is 11.2. The van der Waals surface area contributed by atoms with Gasteiger partial charge in [0, 0.05) is 24.8 Å². The largest absolute Gasteiger partial charge is 0.508 e. The molecular weight excluding hydrogens is 288 g/mol. The number of piperidine rings is 1. The normalized spacial score (nSPS) is 17.7. The molecule has 1 aliphatic rings. The quantitative estimate of drug-likeness (QED) is 0.912. The van der Waals surface area contributed by atoms with Crippen LogP contribution in [0.5, 0.6) is 5.75 Å². The van der Waals surface area contributed by atoms with Gasteiger partial charge in [-0.15, -0.1) is 0 Å². The molecule has 0 radical (unpaired) electrons. The van der Waals surface area contributed by atoms with E-state index in [1.807, 2.05) is 41.3 Å². The van der Waals surface area contributed by atoms with E-state index in [-0.39, 0.29) is 11.7 Å². The van der Waals surface area contributed by atoms with Crippen LogP contribution in [0.25, 0.3) is 0 Å². The first kappa shape index (κ1) is 15.4. The highest BCUT2D eigenvalue weighted by atomic mass is 16.3. The van der Waals surface area contributed by atoms with E-state index in [1.165, 1.54) is 0 Å². The van der Waals surface area contributed by atoms with Gasteiger partial charge in [0.25, 0.3) is 0 Å². The van der Waals surface area contributed by atoms with Crippen LogP contribution in [0, 0.1) is 0 Å². The van der Waals surface area contributed by atoms with Crippen molar-refractivity contribution in [2.75, 3.05) is 18.4 Å². The molecule has 1 atom stereocenters. The number of carbonyl (C=O) groups is 1. The third-order valence-electron chi connectivity index (χ3n) is 4.18. The van der Waals surface area contributed by atoms with Gasteiger partial charge in [-0.1, -0.05) is 30.3 Å². The molecule has 1 unspecified atom stereocenters. The Morgan fingerprint density at radius 1 is 1.17 bits per heavy atom. The van der Waals surface area contributed by atoms with Gasteiger partial charge in [-0.25, -0.2) is 0 Å². The number of aromatic hydroxyl groups is 1. The summed E-state index contributed by atoms with van der Waals surface area (Å²) in [5, 5.41) is 13.0. The minimum Gasteiger partial charge on any atom is -0.508 e. The number of hydrogen-bond donors (Lipinski definition) is 2. The Bertz CT molecular complexity index is 657. The third-order valence-corrected chi connectivity index (χ3v) is 4.18. The number of carbonyl (C=O) groups excluding carboxylic acids is 1. The van der Waals surface area contributed by atoms with E-state index in [4.69, 9.17) is 0 Å². The molecule has 1 amide bonds.